The molecular weight excluding hydrogens is 321 g/mol. The maximum atomic E-state index is 12.3. The largest absolute Gasteiger partial charge is 0.354 e. The zero-order chi connectivity index (χ0) is 14.4. The Kier molecular flexibility index (Phi) is 10.7. The quantitative estimate of drug-likeness (QED) is 0.798. The maximum absolute atomic E-state index is 12.3. The molecule has 0 radical (unpaired) electrons. The first kappa shape index (κ1) is 22.0. The zero-order valence-corrected chi connectivity index (χ0v) is 15.4. The van der Waals surface area contributed by atoms with E-state index in [1.165, 1.54) is 45.3 Å². The Labute approximate surface area is 147 Å². The summed E-state index contributed by atoms with van der Waals surface area (Å²) in [5.41, 5.74) is 5.68. The van der Waals surface area contributed by atoms with Crippen LogP contribution in [0.25, 0.3) is 0 Å². The van der Waals surface area contributed by atoms with Crippen LogP contribution in [0.5, 0.6) is 0 Å². The number of carbonyl (C=O) groups is 1. The molecule has 6 heteroatoms. The second kappa shape index (κ2) is 10.7. The first-order valence-corrected chi connectivity index (χ1v) is 8.43. The third-order valence-corrected chi connectivity index (χ3v) is 5.00. The molecule has 2 fully saturated rings. The molecule has 1 heterocycles. The van der Waals surface area contributed by atoms with Gasteiger partial charge in [-0.1, -0.05) is 26.2 Å². The molecule has 0 aromatic carbocycles. The molecule has 1 saturated heterocycles. The predicted molar refractivity (Wildman–Crippen MR) is 97.0 cm³/mol. The molecule has 1 aliphatic heterocycles. The number of hydrogen-bond donors (Lipinski definition) is 2. The highest BCUT2D eigenvalue weighted by molar-refractivity contribution is 5.86. The molecule has 2 aliphatic rings. The lowest BCUT2D eigenvalue weighted by atomic mass is 9.81. The van der Waals surface area contributed by atoms with E-state index in [0.717, 1.165) is 32.2 Å². The van der Waals surface area contributed by atoms with Crippen LogP contribution in [-0.4, -0.2) is 42.5 Å². The molecule has 0 aromatic rings. The maximum Gasteiger partial charge on any atom is 0.240 e. The van der Waals surface area contributed by atoms with Gasteiger partial charge in [0.05, 0.1) is 5.54 Å². The van der Waals surface area contributed by atoms with Gasteiger partial charge >= 0.3 is 0 Å². The van der Waals surface area contributed by atoms with E-state index in [9.17, 15) is 4.79 Å². The first-order valence-electron chi connectivity index (χ1n) is 8.43. The van der Waals surface area contributed by atoms with E-state index in [0.29, 0.717) is 5.92 Å². The number of halogens is 2. The Bertz CT molecular complexity index is 315. The Balaban J connectivity index is 0.00000220. The van der Waals surface area contributed by atoms with Crippen LogP contribution in [-0.2, 0) is 4.79 Å². The van der Waals surface area contributed by atoms with Crippen molar-refractivity contribution in [2.24, 2.45) is 11.7 Å². The minimum Gasteiger partial charge on any atom is -0.354 e. The topological polar surface area (TPSA) is 58.4 Å². The Morgan fingerprint density at radius 3 is 2.32 bits per heavy atom. The van der Waals surface area contributed by atoms with Gasteiger partial charge < -0.3 is 16.0 Å². The summed E-state index contributed by atoms with van der Waals surface area (Å²) in [5.74, 6) is 0.729. The molecular formula is C16H33Cl2N3O. The second-order valence-electron chi connectivity index (χ2n) is 6.71. The summed E-state index contributed by atoms with van der Waals surface area (Å²) in [6.45, 7) is 6.63. The number of nitrogens with zero attached hydrogens (tertiary/aromatic N) is 1. The minimum absolute atomic E-state index is 0. The van der Waals surface area contributed by atoms with E-state index in [4.69, 9.17) is 5.73 Å². The highest BCUT2D eigenvalue weighted by Crippen LogP contribution is 2.26. The summed E-state index contributed by atoms with van der Waals surface area (Å²) in [6, 6.07) is 0. The van der Waals surface area contributed by atoms with E-state index in [-0.39, 0.29) is 30.7 Å². The number of nitrogens with two attached hydrogens (primary N) is 1. The summed E-state index contributed by atoms with van der Waals surface area (Å²) < 4.78 is 0. The number of likely N-dealkylation sites (tertiary alicyclic amines) is 1. The fourth-order valence-corrected chi connectivity index (χ4v) is 3.55. The smallest absolute Gasteiger partial charge is 0.240 e. The molecule has 1 amide bonds. The fourth-order valence-electron chi connectivity index (χ4n) is 3.55. The van der Waals surface area contributed by atoms with Crippen LogP contribution < -0.4 is 11.1 Å². The third kappa shape index (κ3) is 6.23. The van der Waals surface area contributed by atoms with Crippen molar-refractivity contribution >= 4 is 30.7 Å². The van der Waals surface area contributed by atoms with Gasteiger partial charge in [-0.15, -0.1) is 24.8 Å². The van der Waals surface area contributed by atoms with Crippen molar-refractivity contribution in [3.63, 3.8) is 0 Å². The van der Waals surface area contributed by atoms with Gasteiger partial charge in [0.2, 0.25) is 5.91 Å². The lowest BCUT2D eigenvalue weighted by molar-refractivity contribution is -0.127. The Morgan fingerprint density at radius 2 is 1.77 bits per heavy atom. The number of nitrogens with one attached hydrogen (secondary N) is 1. The monoisotopic (exact) mass is 353 g/mol. The molecule has 0 unspecified atom stereocenters. The van der Waals surface area contributed by atoms with Crippen LogP contribution in [0.4, 0.5) is 0 Å². The average molecular weight is 354 g/mol. The van der Waals surface area contributed by atoms with Crippen molar-refractivity contribution in [1.29, 1.82) is 0 Å². The summed E-state index contributed by atoms with van der Waals surface area (Å²) in [6.07, 6.45) is 8.77. The average Bonchev–Trinajstić information content (AvgIpc) is 2.47. The molecule has 0 atom stereocenters. The Hall–Kier alpha value is -0.0300. The Morgan fingerprint density at radius 1 is 1.18 bits per heavy atom. The van der Waals surface area contributed by atoms with E-state index >= 15 is 0 Å². The number of amides is 1. The van der Waals surface area contributed by atoms with Crippen molar-refractivity contribution in [3.8, 4) is 0 Å². The van der Waals surface area contributed by atoms with Crippen molar-refractivity contribution in [1.82, 2.24) is 10.2 Å². The van der Waals surface area contributed by atoms with Gasteiger partial charge in [-0.3, -0.25) is 4.79 Å². The molecule has 0 bridgehead atoms. The van der Waals surface area contributed by atoms with Crippen LogP contribution in [0.2, 0.25) is 0 Å². The lowest BCUT2D eigenvalue weighted by Crippen LogP contribution is -2.55. The van der Waals surface area contributed by atoms with Crippen LogP contribution in [0.3, 0.4) is 0 Å². The first-order chi connectivity index (χ1) is 9.64. The van der Waals surface area contributed by atoms with Crippen molar-refractivity contribution in [2.75, 3.05) is 26.2 Å². The normalized spacial score (nSPS) is 22.3. The molecule has 1 saturated carbocycles. The van der Waals surface area contributed by atoms with Gasteiger partial charge in [-0.05, 0) is 57.7 Å². The van der Waals surface area contributed by atoms with Crippen molar-refractivity contribution < 1.29 is 4.79 Å². The molecule has 132 valence electrons. The van der Waals surface area contributed by atoms with Gasteiger partial charge in [0.25, 0.3) is 0 Å². The SMILES string of the molecule is CCCN1CCC(CNC(=O)C2(N)CCCCC2)CC1.Cl.Cl. The second-order valence-corrected chi connectivity index (χ2v) is 6.71. The highest BCUT2D eigenvalue weighted by Gasteiger charge is 2.35. The lowest BCUT2D eigenvalue weighted by Gasteiger charge is -2.34. The highest BCUT2D eigenvalue weighted by atomic mass is 35.5. The van der Waals surface area contributed by atoms with Gasteiger partial charge in [-0.2, -0.15) is 0 Å². The summed E-state index contributed by atoms with van der Waals surface area (Å²) in [7, 11) is 0. The van der Waals surface area contributed by atoms with Crippen molar-refractivity contribution in [2.45, 2.75) is 63.8 Å². The zero-order valence-electron chi connectivity index (χ0n) is 13.8. The van der Waals surface area contributed by atoms with Crippen LogP contribution in [0.1, 0.15) is 58.3 Å². The number of hydrogen-bond acceptors (Lipinski definition) is 3. The summed E-state index contributed by atoms with van der Waals surface area (Å²) in [5, 5.41) is 3.13. The van der Waals surface area contributed by atoms with E-state index in [2.05, 4.69) is 17.1 Å². The number of rotatable bonds is 5. The number of carbonyl (C=O) groups excluding carboxylic acids is 1. The molecule has 2 rings (SSSR count). The molecule has 4 nitrogen and oxygen atoms in total. The van der Waals surface area contributed by atoms with Gasteiger partial charge in [0.1, 0.15) is 0 Å². The van der Waals surface area contributed by atoms with E-state index in [1.807, 2.05) is 0 Å². The molecule has 0 aromatic heterocycles. The minimum atomic E-state index is -0.582. The third-order valence-electron chi connectivity index (χ3n) is 5.00. The van der Waals surface area contributed by atoms with Crippen molar-refractivity contribution in [3.05, 3.63) is 0 Å². The van der Waals surface area contributed by atoms with Gasteiger partial charge in [0, 0.05) is 6.54 Å². The van der Waals surface area contributed by atoms with E-state index < -0.39 is 5.54 Å². The van der Waals surface area contributed by atoms with Gasteiger partial charge in [-0.25, -0.2) is 0 Å². The molecule has 22 heavy (non-hydrogen) atoms. The summed E-state index contributed by atoms with van der Waals surface area (Å²) >= 11 is 0. The number of piperidine rings is 1. The van der Waals surface area contributed by atoms with Crippen LogP contribution >= 0.6 is 24.8 Å². The predicted octanol–water partition coefficient (Wildman–Crippen LogP) is 2.73. The summed E-state index contributed by atoms with van der Waals surface area (Å²) in [4.78, 5) is 14.8. The van der Waals surface area contributed by atoms with E-state index in [1.54, 1.807) is 0 Å². The molecule has 3 N–H and O–H groups in total. The molecule has 1 aliphatic carbocycles. The fraction of sp³-hybridized carbons (Fsp3) is 0.938. The van der Waals surface area contributed by atoms with Crippen LogP contribution in [0, 0.1) is 5.92 Å². The molecule has 0 spiro atoms. The van der Waals surface area contributed by atoms with Crippen LogP contribution in [0.15, 0.2) is 0 Å². The van der Waals surface area contributed by atoms with Gasteiger partial charge in [0.15, 0.2) is 0 Å². The standard InChI is InChI=1S/C16H31N3O.2ClH/c1-2-10-19-11-6-14(7-12-19)13-18-15(20)16(17)8-4-3-5-9-16;;/h14H,2-13,17H2,1H3,(H,18,20);2*1H.